The molecule has 0 aliphatic rings. The van der Waals surface area contributed by atoms with Gasteiger partial charge in [0.05, 0.1) is 0 Å². The van der Waals surface area contributed by atoms with Crippen LogP contribution in [0.15, 0.2) is 53.7 Å². The van der Waals surface area contributed by atoms with Crippen LogP contribution in [0.3, 0.4) is 0 Å². The highest BCUT2D eigenvalue weighted by Gasteiger charge is 2.36. The largest absolute Gasteiger partial charge is 0.464 e. The lowest BCUT2D eigenvalue weighted by Gasteiger charge is -2.12. The van der Waals surface area contributed by atoms with E-state index < -0.39 is 11.2 Å². The standard InChI is InChI=1S/C18H13ClF3N3O2S/c1-26-25-15(11-6-8-13(19)9-7-11)14-5-3-2-4-12(14)10-27-17-24-23-16(28-17)18(20,21)22/h2-9H,10H2,1H3/b25-15-. The van der Waals surface area contributed by atoms with Crippen molar-refractivity contribution in [2.24, 2.45) is 5.16 Å². The van der Waals surface area contributed by atoms with Crippen LogP contribution in [-0.4, -0.2) is 23.0 Å². The fourth-order valence-electron chi connectivity index (χ4n) is 2.36. The number of rotatable bonds is 6. The summed E-state index contributed by atoms with van der Waals surface area (Å²) >= 11 is 6.28. The predicted octanol–water partition coefficient (Wildman–Crippen LogP) is 5.19. The van der Waals surface area contributed by atoms with Crippen molar-refractivity contribution < 1.29 is 22.7 Å². The van der Waals surface area contributed by atoms with Crippen LogP contribution in [-0.2, 0) is 17.6 Å². The predicted molar refractivity (Wildman–Crippen MR) is 99.8 cm³/mol. The van der Waals surface area contributed by atoms with Crippen molar-refractivity contribution in [2.45, 2.75) is 12.8 Å². The Kier molecular flexibility index (Phi) is 6.15. The van der Waals surface area contributed by atoms with Crippen LogP contribution in [0.2, 0.25) is 5.02 Å². The third-order valence-corrected chi connectivity index (χ3v) is 4.71. The molecule has 0 unspecified atom stereocenters. The molecule has 10 heteroatoms. The normalized spacial score (nSPS) is 12.1. The van der Waals surface area contributed by atoms with Gasteiger partial charge in [0.2, 0.25) is 5.01 Å². The molecule has 2 aromatic carbocycles. The Labute approximate surface area is 167 Å². The summed E-state index contributed by atoms with van der Waals surface area (Å²) in [6, 6.07) is 14.2. The Morgan fingerprint density at radius 1 is 1.11 bits per heavy atom. The quantitative estimate of drug-likeness (QED) is 0.401. The van der Waals surface area contributed by atoms with Crippen LogP contribution in [0.4, 0.5) is 13.2 Å². The van der Waals surface area contributed by atoms with Crippen LogP contribution in [0.1, 0.15) is 21.7 Å². The summed E-state index contributed by atoms with van der Waals surface area (Å²) < 4.78 is 43.4. The second-order valence-electron chi connectivity index (χ2n) is 5.45. The van der Waals surface area contributed by atoms with Gasteiger partial charge < -0.3 is 9.57 Å². The summed E-state index contributed by atoms with van der Waals surface area (Å²) in [5.41, 5.74) is 2.69. The summed E-state index contributed by atoms with van der Waals surface area (Å²) in [4.78, 5) is 4.97. The first kappa shape index (κ1) is 20.1. The number of nitrogens with zero attached hydrogens (tertiary/aromatic N) is 3. The molecule has 0 N–H and O–H groups in total. The molecule has 0 aliphatic heterocycles. The van der Waals surface area contributed by atoms with Gasteiger partial charge in [-0.1, -0.05) is 69.6 Å². The highest BCUT2D eigenvalue weighted by atomic mass is 35.5. The van der Waals surface area contributed by atoms with Crippen LogP contribution < -0.4 is 4.74 Å². The molecule has 1 aromatic heterocycles. The number of ether oxygens (including phenoxy) is 1. The molecule has 3 rings (SSSR count). The lowest BCUT2D eigenvalue weighted by atomic mass is 9.98. The van der Waals surface area contributed by atoms with E-state index in [0.717, 1.165) is 5.56 Å². The molecule has 0 saturated carbocycles. The van der Waals surface area contributed by atoms with Crippen LogP contribution in [0.25, 0.3) is 0 Å². The van der Waals surface area contributed by atoms with E-state index in [-0.39, 0.29) is 11.8 Å². The molecule has 146 valence electrons. The number of hydrogen-bond donors (Lipinski definition) is 0. The lowest BCUT2D eigenvalue weighted by molar-refractivity contribution is -0.138. The Morgan fingerprint density at radius 3 is 2.46 bits per heavy atom. The second kappa shape index (κ2) is 8.57. The van der Waals surface area contributed by atoms with E-state index in [1.807, 2.05) is 12.1 Å². The van der Waals surface area contributed by atoms with E-state index in [9.17, 15) is 13.2 Å². The molecular weight excluding hydrogens is 415 g/mol. The monoisotopic (exact) mass is 427 g/mol. The molecule has 0 radical (unpaired) electrons. The van der Waals surface area contributed by atoms with Gasteiger partial charge in [0.15, 0.2) is 0 Å². The molecule has 0 atom stereocenters. The second-order valence-corrected chi connectivity index (χ2v) is 6.82. The molecule has 3 aromatic rings. The Morgan fingerprint density at radius 2 is 1.82 bits per heavy atom. The molecular formula is C18H13ClF3N3O2S. The zero-order chi connectivity index (χ0) is 20.1. The summed E-state index contributed by atoms with van der Waals surface area (Å²) in [6.45, 7) is -0.0149. The van der Waals surface area contributed by atoms with Gasteiger partial charge in [-0.25, -0.2) is 0 Å². The van der Waals surface area contributed by atoms with Gasteiger partial charge >= 0.3 is 6.18 Å². The zero-order valence-corrected chi connectivity index (χ0v) is 16.0. The number of oxime groups is 1. The fourth-order valence-corrected chi connectivity index (χ4v) is 3.04. The molecule has 0 aliphatic carbocycles. The first-order valence-corrected chi connectivity index (χ1v) is 9.07. The topological polar surface area (TPSA) is 56.6 Å². The summed E-state index contributed by atoms with van der Waals surface area (Å²) in [5.74, 6) is 0. The Bertz CT molecular complexity index is 975. The van der Waals surface area contributed by atoms with E-state index in [1.165, 1.54) is 7.11 Å². The van der Waals surface area contributed by atoms with Gasteiger partial charge in [-0.2, -0.15) is 13.2 Å². The molecule has 0 spiro atoms. The van der Waals surface area contributed by atoms with E-state index in [2.05, 4.69) is 15.4 Å². The molecule has 0 bridgehead atoms. The molecule has 28 heavy (non-hydrogen) atoms. The highest BCUT2D eigenvalue weighted by Crippen LogP contribution is 2.34. The maximum atomic E-state index is 12.6. The summed E-state index contributed by atoms with van der Waals surface area (Å²) in [7, 11) is 1.43. The van der Waals surface area contributed by atoms with Gasteiger partial charge in [0.1, 0.15) is 19.4 Å². The average molecular weight is 428 g/mol. The van der Waals surface area contributed by atoms with Crippen molar-refractivity contribution in [3.05, 3.63) is 75.3 Å². The van der Waals surface area contributed by atoms with Gasteiger partial charge in [-0.15, -0.1) is 5.10 Å². The smallest absolute Gasteiger partial charge is 0.445 e. The number of hydrogen-bond acceptors (Lipinski definition) is 6. The van der Waals surface area contributed by atoms with Crippen molar-refractivity contribution in [1.29, 1.82) is 0 Å². The third-order valence-electron chi connectivity index (χ3n) is 3.57. The van der Waals surface area contributed by atoms with Crippen molar-refractivity contribution in [3.8, 4) is 5.19 Å². The first-order chi connectivity index (χ1) is 13.4. The van der Waals surface area contributed by atoms with Gasteiger partial charge in [-0.05, 0) is 17.7 Å². The average Bonchev–Trinajstić information content (AvgIpc) is 3.15. The van der Waals surface area contributed by atoms with Gasteiger partial charge in [-0.3, -0.25) is 0 Å². The molecule has 1 heterocycles. The number of aromatic nitrogens is 2. The number of benzene rings is 2. The van der Waals surface area contributed by atoms with Crippen molar-refractivity contribution in [3.63, 3.8) is 0 Å². The Hall–Kier alpha value is -2.65. The number of alkyl halides is 3. The van der Waals surface area contributed by atoms with Crippen molar-refractivity contribution >= 4 is 28.6 Å². The third kappa shape index (κ3) is 4.79. The van der Waals surface area contributed by atoms with Crippen molar-refractivity contribution in [1.82, 2.24) is 10.2 Å². The SMILES string of the molecule is CO/N=C(/c1ccc(Cl)cc1)c1ccccc1COc1nnc(C(F)(F)F)s1. The lowest BCUT2D eigenvalue weighted by Crippen LogP contribution is -2.09. The first-order valence-electron chi connectivity index (χ1n) is 7.87. The van der Waals surface area contributed by atoms with E-state index in [1.54, 1.807) is 36.4 Å². The summed E-state index contributed by atoms with van der Waals surface area (Å²) in [5, 5.41) is 9.98. The Balaban J connectivity index is 1.86. The maximum Gasteiger partial charge on any atom is 0.445 e. The summed E-state index contributed by atoms with van der Waals surface area (Å²) in [6.07, 6.45) is -4.55. The molecule has 0 amide bonds. The minimum Gasteiger partial charge on any atom is -0.464 e. The van der Waals surface area contributed by atoms with Crippen LogP contribution in [0.5, 0.6) is 5.19 Å². The fraction of sp³-hybridized carbons (Fsp3) is 0.167. The molecule has 5 nitrogen and oxygen atoms in total. The van der Waals surface area contributed by atoms with E-state index in [0.29, 0.717) is 33.2 Å². The zero-order valence-electron chi connectivity index (χ0n) is 14.4. The minimum absolute atomic E-state index is 0.0149. The van der Waals surface area contributed by atoms with Gasteiger partial charge in [0.25, 0.3) is 5.19 Å². The molecule has 0 saturated heterocycles. The van der Waals surface area contributed by atoms with Crippen LogP contribution in [0, 0.1) is 0 Å². The van der Waals surface area contributed by atoms with E-state index >= 15 is 0 Å². The van der Waals surface area contributed by atoms with E-state index in [4.69, 9.17) is 21.2 Å². The van der Waals surface area contributed by atoms with Crippen LogP contribution >= 0.6 is 22.9 Å². The van der Waals surface area contributed by atoms with Gasteiger partial charge in [0, 0.05) is 16.1 Å². The van der Waals surface area contributed by atoms with Crippen molar-refractivity contribution in [2.75, 3.05) is 7.11 Å². The maximum absolute atomic E-state index is 12.6. The number of halogens is 4. The molecule has 0 fully saturated rings. The minimum atomic E-state index is -4.55. The highest BCUT2D eigenvalue weighted by molar-refractivity contribution is 7.13.